The summed E-state index contributed by atoms with van der Waals surface area (Å²) in [7, 11) is 0. The normalized spacial score (nSPS) is 10.6. The van der Waals surface area contributed by atoms with Crippen LogP contribution < -0.4 is 10.7 Å². The second kappa shape index (κ2) is 7.92. The Bertz CT molecular complexity index is 578. The number of benzene rings is 1. The van der Waals surface area contributed by atoms with Crippen molar-refractivity contribution >= 4 is 34.8 Å². The molecule has 0 aliphatic rings. The second-order valence-electron chi connectivity index (χ2n) is 3.92. The van der Waals surface area contributed by atoms with E-state index in [1.54, 1.807) is 37.3 Å². The first-order chi connectivity index (χ1) is 9.52. The van der Waals surface area contributed by atoms with Gasteiger partial charge in [0.2, 0.25) is 5.91 Å². The van der Waals surface area contributed by atoms with Crippen LogP contribution in [0, 0.1) is 11.3 Å². The molecule has 1 aromatic carbocycles. The summed E-state index contributed by atoms with van der Waals surface area (Å²) in [6, 6.07) is 8.56. The molecule has 0 spiro atoms. The lowest BCUT2D eigenvalue weighted by Crippen LogP contribution is -2.21. The number of halogens is 1. The highest BCUT2D eigenvalue weighted by Gasteiger charge is 2.07. The summed E-state index contributed by atoms with van der Waals surface area (Å²) in [4.78, 5) is 22.7. The van der Waals surface area contributed by atoms with E-state index in [1.165, 1.54) is 0 Å². The first-order valence-corrected chi connectivity index (χ1v) is 6.14. The number of anilines is 1. The summed E-state index contributed by atoms with van der Waals surface area (Å²) in [5.74, 6) is -0.813. The van der Waals surface area contributed by atoms with Gasteiger partial charge >= 0.3 is 0 Å². The summed E-state index contributed by atoms with van der Waals surface area (Å²) in [5, 5.41) is 15.1. The zero-order valence-electron chi connectivity index (χ0n) is 10.8. The van der Waals surface area contributed by atoms with E-state index in [9.17, 15) is 9.59 Å². The van der Waals surface area contributed by atoms with Crippen LogP contribution in [0.15, 0.2) is 29.4 Å². The largest absolute Gasteiger partial charge is 0.324 e. The van der Waals surface area contributed by atoms with E-state index in [-0.39, 0.29) is 18.7 Å². The molecule has 1 aromatic rings. The molecule has 0 aliphatic heterocycles. The number of para-hydroxylation sites is 1. The van der Waals surface area contributed by atoms with Crippen LogP contribution in [0.3, 0.4) is 0 Å². The molecule has 0 radical (unpaired) electrons. The number of hydrogen-bond acceptors (Lipinski definition) is 4. The van der Waals surface area contributed by atoms with Crippen LogP contribution in [0.25, 0.3) is 0 Å². The Kier molecular flexibility index (Phi) is 6.20. The SMILES string of the molecule is CC(CC(=O)Nc1ccccc1Cl)=NNC(=O)CC#N. The van der Waals surface area contributed by atoms with E-state index in [4.69, 9.17) is 16.9 Å². The molecular weight excluding hydrogens is 280 g/mol. The predicted molar refractivity (Wildman–Crippen MR) is 76.2 cm³/mol. The van der Waals surface area contributed by atoms with Crippen LogP contribution in [0.1, 0.15) is 19.8 Å². The first kappa shape index (κ1) is 15.7. The molecule has 0 aromatic heterocycles. The molecular formula is C13H13ClN4O2. The maximum atomic E-state index is 11.7. The van der Waals surface area contributed by atoms with Crippen molar-refractivity contribution in [3.8, 4) is 6.07 Å². The molecule has 0 atom stereocenters. The van der Waals surface area contributed by atoms with Crippen molar-refractivity contribution in [2.45, 2.75) is 19.8 Å². The first-order valence-electron chi connectivity index (χ1n) is 5.76. The van der Waals surface area contributed by atoms with Gasteiger partial charge in [-0.3, -0.25) is 9.59 Å². The standard InChI is InChI=1S/C13H13ClN4O2/c1-9(17-18-12(19)6-7-15)8-13(20)16-11-5-3-2-4-10(11)14/h2-5H,6,8H2,1H3,(H,16,20)(H,18,19). The zero-order valence-corrected chi connectivity index (χ0v) is 11.6. The highest BCUT2D eigenvalue weighted by atomic mass is 35.5. The Morgan fingerprint density at radius 3 is 2.70 bits per heavy atom. The van der Waals surface area contributed by atoms with Crippen LogP contribution >= 0.6 is 11.6 Å². The van der Waals surface area contributed by atoms with E-state index in [1.807, 2.05) is 0 Å². The zero-order chi connectivity index (χ0) is 15.0. The van der Waals surface area contributed by atoms with Gasteiger partial charge in [-0.2, -0.15) is 10.4 Å². The average molecular weight is 293 g/mol. The Morgan fingerprint density at radius 2 is 2.05 bits per heavy atom. The number of rotatable bonds is 5. The lowest BCUT2D eigenvalue weighted by molar-refractivity contribution is -0.120. The molecule has 2 amide bonds. The third-order valence-corrected chi connectivity index (χ3v) is 2.51. The smallest absolute Gasteiger partial charge is 0.254 e. The Balaban J connectivity index is 2.50. The molecule has 7 heteroatoms. The molecule has 0 heterocycles. The minimum atomic E-state index is -0.515. The second-order valence-corrected chi connectivity index (χ2v) is 4.33. The van der Waals surface area contributed by atoms with E-state index in [0.29, 0.717) is 16.4 Å². The summed E-state index contributed by atoms with van der Waals surface area (Å²) >= 11 is 5.91. The maximum absolute atomic E-state index is 11.7. The van der Waals surface area contributed by atoms with Crippen LogP contribution in [0.4, 0.5) is 5.69 Å². The van der Waals surface area contributed by atoms with Crippen LogP contribution in [-0.4, -0.2) is 17.5 Å². The van der Waals surface area contributed by atoms with Crippen molar-refractivity contribution in [2.24, 2.45) is 5.10 Å². The molecule has 2 N–H and O–H groups in total. The van der Waals surface area contributed by atoms with Crippen molar-refractivity contribution < 1.29 is 9.59 Å². The molecule has 0 unspecified atom stereocenters. The summed E-state index contributed by atoms with van der Waals surface area (Å²) in [6.07, 6.45) is -0.263. The quantitative estimate of drug-likeness (QED) is 0.642. The van der Waals surface area contributed by atoms with Gasteiger partial charge in [0.15, 0.2) is 0 Å². The summed E-state index contributed by atoms with van der Waals surface area (Å²) in [6.45, 7) is 1.60. The van der Waals surface area contributed by atoms with Gasteiger partial charge in [0.05, 0.1) is 23.2 Å². The summed E-state index contributed by atoms with van der Waals surface area (Å²) in [5.41, 5.74) is 3.12. The number of carbonyl (C=O) groups is 2. The molecule has 20 heavy (non-hydrogen) atoms. The molecule has 0 fully saturated rings. The van der Waals surface area contributed by atoms with Gasteiger partial charge in [0.25, 0.3) is 5.91 Å². The van der Waals surface area contributed by atoms with Crippen molar-refractivity contribution in [1.82, 2.24) is 5.43 Å². The number of nitriles is 1. The van der Waals surface area contributed by atoms with Gasteiger partial charge in [-0.1, -0.05) is 23.7 Å². The Hall–Kier alpha value is -2.39. The molecule has 104 valence electrons. The minimum Gasteiger partial charge on any atom is -0.324 e. The molecule has 1 rings (SSSR count). The average Bonchev–Trinajstić information content (AvgIpc) is 2.39. The van der Waals surface area contributed by atoms with Crippen LogP contribution in [0.5, 0.6) is 0 Å². The molecule has 0 bridgehead atoms. The topological polar surface area (TPSA) is 94.3 Å². The number of amides is 2. The molecule has 6 nitrogen and oxygen atoms in total. The van der Waals surface area contributed by atoms with Gasteiger partial charge < -0.3 is 5.32 Å². The fraction of sp³-hybridized carbons (Fsp3) is 0.231. The fourth-order valence-electron chi connectivity index (χ4n) is 1.30. The molecule has 0 saturated heterocycles. The number of nitrogens with one attached hydrogen (secondary N) is 2. The van der Waals surface area contributed by atoms with Crippen molar-refractivity contribution in [2.75, 3.05) is 5.32 Å². The highest BCUT2D eigenvalue weighted by molar-refractivity contribution is 6.33. The molecule has 0 saturated carbocycles. The van der Waals surface area contributed by atoms with Crippen molar-refractivity contribution in [3.63, 3.8) is 0 Å². The van der Waals surface area contributed by atoms with Gasteiger partial charge in [-0.05, 0) is 19.1 Å². The van der Waals surface area contributed by atoms with Crippen molar-refractivity contribution in [1.29, 1.82) is 5.26 Å². The Labute approximate surface area is 121 Å². The molecule has 0 aliphatic carbocycles. The number of hydrazone groups is 1. The number of carbonyl (C=O) groups excluding carboxylic acids is 2. The Morgan fingerprint density at radius 1 is 1.35 bits per heavy atom. The van der Waals surface area contributed by atoms with Gasteiger partial charge in [0.1, 0.15) is 6.42 Å². The minimum absolute atomic E-state index is 0.0120. The van der Waals surface area contributed by atoms with Gasteiger partial charge in [-0.15, -0.1) is 0 Å². The monoisotopic (exact) mass is 292 g/mol. The number of hydrogen-bond donors (Lipinski definition) is 2. The van der Waals surface area contributed by atoms with Crippen LogP contribution in [-0.2, 0) is 9.59 Å². The van der Waals surface area contributed by atoms with Gasteiger partial charge in [0, 0.05) is 5.71 Å². The van der Waals surface area contributed by atoms with Gasteiger partial charge in [-0.25, -0.2) is 5.43 Å². The highest BCUT2D eigenvalue weighted by Crippen LogP contribution is 2.20. The predicted octanol–water partition coefficient (Wildman–Crippen LogP) is 2.07. The van der Waals surface area contributed by atoms with E-state index in [0.717, 1.165) is 0 Å². The lowest BCUT2D eigenvalue weighted by atomic mass is 10.2. The number of nitrogens with zero attached hydrogens (tertiary/aromatic N) is 2. The third-order valence-electron chi connectivity index (χ3n) is 2.18. The van der Waals surface area contributed by atoms with E-state index < -0.39 is 5.91 Å². The van der Waals surface area contributed by atoms with E-state index in [2.05, 4.69) is 15.8 Å². The van der Waals surface area contributed by atoms with E-state index >= 15 is 0 Å². The third kappa shape index (κ3) is 5.50. The maximum Gasteiger partial charge on any atom is 0.254 e. The van der Waals surface area contributed by atoms with Crippen LogP contribution in [0.2, 0.25) is 5.02 Å². The lowest BCUT2D eigenvalue weighted by Gasteiger charge is -2.06. The van der Waals surface area contributed by atoms with Crippen molar-refractivity contribution in [3.05, 3.63) is 29.3 Å². The summed E-state index contributed by atoms with van der Waals surface area (Å²) < 4.78 is 0. The fourth-order valence-corrected chi connectivity index (χ4v) is 1.48.